The van der Waals surface area contributed by atoms with Crippen molar-refractivity contribution >= 4 is 34.8 Å². The Morgan fingerprint density at radius 3 is 2.21 bits per heavy atom. The third-order valence-electron chi connectivity index (χ3n) is 4.57. The summed E-state index contributed by atoms with van der Waals surface area (Å²) in [7, 11) is 4.53. The number of amides is 2. The van der Waals surface area contributed by atoms with Crippen LogP contribution in [-0.2, 0) is 9.59 Å². The molecule has 0 radical (unpaired) electrons. The van der Waals surface area contributed by atoms with Crippen molar-refractivity contribution in [3.63, 3.8) is 0 Å². The van der Waals surface area contributed by atoms with E-state index in [1.807, 2.05) is 0 Å². The Morgan fingerprint density at radius 1 is 1.07 bits per heavy atom. The Bertz CT molecular complexity index is 860. The minimum atomic E-state index is -0.470. The van der Waals surface area contributed by atoms with E-state index in [4.69, 9.17) is 25.8 Å². The maximum Gasteiger partial charge on any atom is 0.229 e. The number of anilines is 2. The van der Waals surface area contributed by atoms with E-state index in [0.717, 1.165) is 0 Å². The Kier molecular flexibility index (Phi) is 5.94. The average molecular weight is 405 g/mol. The number of nitrogens with zero attached hydrogens (tertiary/aromatic N) is 1. The highest BCUT2D eigenvalue weighted by Crippen LogP contribution is 2.42. The molecule has 7 nitrogen and oxygen atoms in total. The summed E-state index contributed by atoms with van der Waals surface area (Å²) in [5.41, 5.74) is 1.22. The van der Waals surface area contributed by atoms with Gasteiger partial charge in [-0.05, 0) is 24.3 Å². The summed E-state index contributed by atoms with van der Waals surface area (Å²) in [6.45, 7) is 0.261. The number of methoxy groups -OCH3 is 3. The highest BCUT2D eigenvalue weighted by molar-refractivity contribution is 6.30. The Balaban J connectivity index is 1.79. The van der Waals surface area contributed by atoms with Crippen LogP contribution in [0.2, 0.25) is 5.02 Å². The predicted octanol–water partition coefficient (Wildman–Crippen LogP) is 3.36. The van der Waals surface area contributed by atoms with Crippen LogP contribution in [0.5, 0.6) is 17.2 Å². The quantitative estimate of drug-likeness (QED) is 0.798. The lowest BCUT2D eigenvalue weighted by atomic mass is 10.1. The van der Waals surface area contributed by atoms with E-state index in [1.54, 1.807) is 41.3 Å². The van der Waals surface area contributed by atoms with Gasteiger partial charge in [0, 0.05) is 35.8 Å². The van der Waals surface area contributed by atoms with Crippen LogP contribution in [-0.4, -0.2) is 39.7 Å². The van der Waals surface area contributed by atoms with E-state index in [1.165, 1.54) is 21.3 Å². The second kappa shape index (κ2) is 8.39. The van der Waals surface area contributed by atoms with E-state index in [2.05, 4.69) is 5.32 Å². The topological polar surface area (TPSA) is 77.1 Å². The first kappa shape index (κ1) is 19.8. The molecule has 0 aromatic heterocycles. The highest BCUT2D eigenvalue weighted by atomic mass is 35.5. The molecule has 0 saturated carbocycles. The van der Waals surface area contributed by atoms with Crippen molar-refractivity contribution in [1.82, 2.24) is 0 Å². The molecule has 2 aromatic carbocycles. The summed E-state index contributed by atoms with van der Waals surface area (Å²) in [4.78, 5) is 26.7. The number of nitrogens with one attached hydrogen (secondary N) is 1. The first-order valence-corrected chi connectivity index (χ1v) is 9.01. The van der Waals surface area contributed by atoms with Crippen molar-refractivity contribution in [3.8, 4) is 17.2 Å². The molecule has 2 aromatic rings. The van der Waals surface area contributed by atoms with Gasteiger partial charge in [-0.2, -0.15) is 0 Å². The monoisotopic (exact) mass is 404 g/mol. The average Bonchev–Trinajstić information content (AvgIpc) is 3.10. The first-order chi connectivity index (χ1) is 13.5. The van der Waals surface area contributed by atoms with Gasteiger partial charge in [-0.25, -0.2) is 0 Å². The SMILES string of the molecule is COc1cc(N2C[C@@H](C(=O)Nc3ccc(Cl)cc3)CC2=O)cc(OC)c1OC. The zero-order valence-electron chi connectivity index (χ0n) is 15.8. The third kappa shape index (κ3) is 3.99. The third-order valence-corrected chi connectivity index (χ3v) is 4.82. The number of rotatable bonds is 6. The van der Waals surface area contributed by atoms with Gasteiger partial charge in [-0.15, -0.1) is 0 Å². The molecule has 0 aliphatic carbocycles. The van der Waals surface area contributed by atoms with Gasteiger partial charge >= 0.3 is 0 Å². The van der Waals surface area contributed by atoms with Gasteiger partial charge in [0.2, 0.25) is 17.6 Å². The largest absolute Gasteiger partial charge is 0.493 e. The van der Waals surface area contributed by atoms with Crippen LogP contribution in [0.25, 0.3) is 0 Å². The van der Waals surface area contributed by atoms with E-state index in [0.29, 0.717) is 33.6 Å². The fourth-order valence-corrected chi connectivity index (χ4v) is 3.26. The normalized spacial score (nSPS) is 16.1. The predicted molar refractivity (Wildman–Crippen MR) is 107 cm³/mol. The number of hydrogen-bond acceptors (Lipinski definition) is 5. The highest BCUT2D eigenvalue weighted by Gasteiger charge is 2.36. The number of halogens is 1. The zero-order chi connectivity index (χ0) is 20.3. The van der Waals surface area contributed by atoms with Crippen molar-refractivity contribution in [2.45, 2.75) is 6.42 Å². The van der Waals surface area contributed by atoms with Gasteiger partial charge in [0.15, 0.2) is 11.5 Å². The van der Waals surface area contributed by atoms with Gasteiger partial charge in [-0.1, -0.05) is 11.6 Å². The van der Waals surface area contributed by atoms with Gasteiger partial charge in [0.25, 0.3) is 0 Å². The van der Waals surface area contributed by atoms with Crippen LogP contribution in [0.4, 0.5) is 11.4 Å². The molecule has 3 rings (SSSR count). The van der Waals surface area contributed by atoms with Crippen LogP contribution < -0.4 is 24.4 Å². The lowest BCUT2D eigenvalue weighted by Gasteiger charge is -2.20. The van der Waals surface area contributed by atoms with Crippen LogP contribution in [0.3, 0.4) is 0 Å². The molecule has 148 valence electrons. The van der Waals surface area contributed by atoms with Crippen molar-refractivity contribution in [1.29, 1.82) is 0 Å². The van der Waals surface area contributed by atoms with Crippen molar-refractivity contribution in [3.05, 3.63) is 41.4 Å². The Hall–Kier alpha value is -2.93. The Labute approximate surface area is 168 Å². The van der Waals surface area contributed by atoms with Crippen molar-refractivity contribution < 1.29 is 23.8 Å². The lowest BCUT2D eigenvalue weighted by Crippen LogP contribution is -2.28. The molecule has 1 aliphatic heterocycles. The molecule has 1 saturated heterocycles. The molecule has 28 heavy (non-hydrogen) atoms. The molecule has 1 atom stereocenters. The molecule has 2 amide bonds. The standard InChI is InChI=1S/C20H21ClN2O5/c1-26-16-9-15(10-17(27-2)19(16)28-3)23-11-12(8-18(23)24)20(25)22-14-6-4-13(21)5-7-14/h4-7,9-10,12H,8,11H2,1-3H3,(H,22,25)/t12-/m0/s1. The van der Waals surface area contributed by atoms with Crippen LogP contribution >= 0.6 is 11.6 Å². The molecule has 1 N–H and O–H groups in total. The second-order valence-electron chi connectivity index (χ2n) is 6.29. The maximum atomic E-state index is 12.6. The number of carbonyl (C=O) groups excluding carboxylic acids is 2. The summed E-state index contributed by atoms with van der Waals surface area (Å²) in [6, 6.07) is 10.2. The molecule has 0 spiro atoms. The van der Waals surface area contributed by atoms with Gasteiger partial charge in [0.1, 0.15) is 0 Å². The molecule has 1 heterocycles. The number of hydrogen-bond donors (Lipinski definition) is 1. The molecular weight excluding hydrogens is 384 g/mol. The molecule has 1 fully saturated rings. The number of carbonyl (C=O) groups is 2. The van der Waals surface area contributed by atoms with Crippen molar-refractivity contribution in [2.24, 2.45) is 5.92 Å². The van der Waals surface area contributed by atoms with Crippen molar-refractivity contribution in [2.75, 3.05) is 38.1 Å². The minimum Gasteiger partial charge on any atom is -0.493 e. The lowest BCUT2D eigenvalue weighted by molar-refractivity contribution is -0.122. The van der Waals surface area contributed by atoms with Crippen LogP contribution in [0.1, 0.15) is 6.42 Å². The molecule has 0 unspecified atom stereocenters. The second-order valence-corrected chi connectivity index (χ2v) is 6.72. The maximum absolute atomic E-state index is 12.6. The van der Waals surface area contributed by atoms with Crippen LogP contribution in [0, 0.1) is 5.92 Å². The summed E-state index contributed by atoms with van der Waals surface area (Å²) in [5, 5.41) is 3.41. The molecule has 1 aliphatic rings. The smallest absolute Gasteiger partial charge is 0.229 e. The molecule has 8 heteroatoms. The van der Waals surface area contributed by atoms with Gasteiger partial charge in [0.05, 0.1) is 32.9 Å². The summed E-state index contributed by atoms with van der Waals surface area (Å²) in [6.07, 6.45) is 0.121. The van der Waals surface area contributed by atoms with Gasteiger partial charge in [-0.3, -0.25) is 9.59 Å². The van der Waals surface area contributed by atoms with E-state index >= 15 is 0 Å². The molecular formula is C20H21ClN2O5. The Morgan fingerprint density at radius 2 is 1.68 bits per heavy atom. The number of benzene rings is 2. The fourth-order valence-electron chi connectivity index (χ4n) is 3.13. The summed E-state index contributed by atoms with van der Waals surface area (Å²) < 4.78 is 16.0. The summed E-state index contributed by atoms with van der Waals surface area (Å²) in [5.74, 6) is 0.494. The van der Waals surface area contributed by atoms with Gasteiger partial charge < -0.3 is 24.4 Å². The number of ether oxygens (including phenoxy) is 3. The summed E-state index contributed by atoms with van der Waals surface area (Å²) >= 11 is 5.86. The van der Waals surface area contributed by atoms with E-state index in [9.17, 15) is 9.59 Å². The minimum absolute atomic E-state index is 0.121. The molecule has 0 bridgehead atoms. The van der Waals surface area contributed by atoms with E-state index in [-0.39, 0.29) is 24.8 Å². The van der Waals surface area contributed by atoms with Crippen LogP contribution in [0.15, 0.2) is 36.4 Å². The first-order valence-electron chi connectivity index (χ1n) is 8.63. The fraction of sp³-hybridized carbons (Fsp3) is 0.300. The van der Waals surface area contributed by atoms with E-state index < -0.39 is 5.92 Å². The zero-order valence-corrected chi connectivity index (χ0v) is 16.6.